The summed E-state index contributed by atoms with van der Waals surface area (Å²) in [6.45, 7) is 9.52. The van der Waals surface area contributed by atoms with E-state index in [0.29, 0.717) is 0 Å². The fourth-order valence-electron chi connectivity index (χ4n) is 2.96. The predicted octanol–water partition coefficient (Wildman–Crippen LogP) is 4.49. The first-order valence-corrected chi connectivity index (χ1v) is 6.13. The van der Waals surface area contributed by atoms with E-state index in [2.05, 4.69) is 27.7 Å². The highest BCUT2D eigenvalue weighted by Crippen LogP contribution is 2.38. The lowest BCUT2D eigenvalue weighted by atomic mass is 9.72. The van der Waals surface area contributed by atoms with E-state index >= 15 is 0 Å². The molecule has 0 aromatic carbocycles. The Morgan fingerprint density at radius 3 is 2.46 bits per heavy atom. The average Bonchev–Trinajstić information content (AvgIpc) is 2.07. The molecular weight excluding hydrogens is 156 g/mol. The van der Waals surface area contributed by atoms with Crippen molar-refractivity contribution in [2.75, 3.05) is 0 Å². The van der Waals surface area contributed by atoms with Gasteiger partial charge in [0, 0.05) is 0 Å². The summed E-state index contributed by atoms with van der Waals surface area (Å²) in [7, 11) is 0. The minimum Gasteiger partial charge on any atom is -0.0651 e. The lowest BCUT2D eigenvalue weighted by molar-refractivity contribution is 0.170. The molecule has 0 nitrogen and oxygen atoms in total. The summed E-state index contributed by atoms with van der Waals surface area (Å²) < 4.78 is 0. The highest BCUT2D eigenvalue weighted by atomic mass is 14.3. The molecular formula is C13H26. The van der Waals surface area contributed by atoms with Crippen molar-refractivity contribution >= 4 is 0 Å². The maximum absolute atomic E-state index is 2.44. The minimum atomic E-state index is 0.899. The molecule has 1 fully saturated rings. The fourth-order valence-corrected chi connectivity index (χ4v) is 2.96. The third-order valence-corrected chi connectivity index (χ3v) is 3.80. The van der Waals surface area contributed by atoms with Gasteiger partial charge in [0.1, 0.15) is 0 Å². The van der Waals surface area contributed by atoms with Gasteiger partial charge in [0.05, 0.1) is 0 Å². The van der Waals surface area contributed by atoms with Gasteiger partial charge in [-0.1, -0.05) is 47.0 Å². The molecule has 0 aromatic heterocycles. The molecule has 3 unspecified atom stereocenters. The van der Waals surface area contributed by atoms with Crippen LogP contribution in [0.25, 0.3) is 0 Å². The Hall–Kier alpha value is 0. The highest BCUT2D eigenvalue weighted by Gasteiger charge is 2.26. The summed E-state index contributed by atoms with van der Waals surface area (Å²) in [5.74, 6) is 3.96. The zero-order chi connectivity index (χ0) is 9.84. The number of hydrogen-bond donors (Lipinski definition) is 0. The SMILES string of the molecule is CCC1CC(CC(C)C)CCC1C. The van der Waals surface area contributed by atoms with E-state index in [1.54, 1.807) is 0 Å². The second-order valence-corrected chi connectivity index (χ2v) is 5.45. The minimum absolute atomic E-state index is 0.899. The topological polar surface area (TPSA) is 0 Å². The first-order valence-electron chi connectivity index (χ1n) is 6.13. The van der Waals surface area contributed by atoms with E-state index in [9.17, 15) is 0 Å². The second-order valence-electron chi connectivity index (χ2n) is 5.45. The van der Waals surface area contributed by atoms with E-state index < -0.39 is 0 Å². The first-order chi connectivity index (χ1) is 6.13. The van der Waals surface area contributed by atoms with Crippen LogP contribution in [0.1, 0.15) is 59.8 Å². The van der Waals surface area contributed by atoms with Gasteiger partial charge in [0.2, 0.25) is 0 Å². The molecule has 0 heteroatoms. The number of rotatable bonds is 3. The summed E-state index contributed by atoms with van der Waals surface area (Å²) in [6.07, 6.45) is 7.35. The van der Waals surface area contributed by atoms with Crippen LogP contribution < -0.4 is 0 Å². The van der Waals surface area contributed by atoms with E-state index in [1.165, 1.54) is 32.1 Å². The van der Waals surface area contributed by atoms with Crippen molar-refractivity contribution in [3.05, 3.63) is 0 Å². The zero-order valence-corrected chi connectivity index (χ0v) is 9.84. The molecule has 0 spiro atoms. The molecule has 0 bridgehead atoms. The molecule has 1 rings (SSSR count). The standard InChI is InChI=1S/C13H26/c1-5-13-9-12(8-10(2)3)7-6-11(13)4/h10-13H,5-9H2,1-4H3. The zero-order valence-electron chi connectivity index (χ0n) is 9.84. The normalized spacial score (nSPS) is 35.3. The second kappa shape index (κ2) is 5.02. The summed E-state index contributed by atoms with van der Waals surface area (Å²) in [6, 6.07) is 0. The van der Waals surface area contributed by atoms with Crippen molar-refractivity contribution in [3.63, 3.8) is 0 Å². The molecule has 1 saturated carbocycles. The highest BCUT2D eigenvalue weighted by molar-refractivity contribution is 4.77. The third-order valence-electron chi connectivity index (χ3n) is 3.80. The summed E-state index contributed by atoms with van der Waals surface area (Å²) >= 11 is 0. The van der Waals surface area contributed by atoms with Crippen molar-refractivity contribution in [2.24, 2.45) is 23.7 Å². The van der Waals surface area contributed by atoms with E-state index in [1.807, 2.05) is 0 Å². The van der Waals surface area contributed by atoms with Gasteiger partial charge < -0.3 is 0 Å². The van der Waals surface area contributed by atoms with E-state index in [4.69, 9.17) is 0 Å². The van der Waals surface area contributed by atoms with Crippen molar-refractivity contribution in [1.29, 1.82) is 0 Å². The first kappa shape index (κ1) is 11.1. The van der Waals surface area contributed by atoms with Gasteiger partial charge >= 0.3 is 0 Å². The van der Waals surface area contributed by atoms with Crippen molar-refractivity contribution < 1.29 is 0 Å². The molecule has 78 valence electrons. The molecule has 1 aliphatic rings. The molecule has 1 aliphatic carbocycles. The molecule has 0 amide bonds. The van der Waals surface area contributed by atoms with Gasteiger partial charge in [-0.25, -0.2) is 0 Å². The Bertz CT molecular complexity index is 137. The van der Waals surface area contributed by atoms with Crippen LogP contribution in [0, 0.1) is 23.7 Å². The van der Waals surface area contributed by atoms with Crippen LogP contribution >= 0.6 is 0 Å². The Morgan fingerprint density at radius 2 is 1.92 bits per heavy atom. The maximum atomic E-state index is 2.44. The van der Waals surface area contributed by atoms with Gasteiger partial charge in [0.25, 0.3) is 0 Å². The van der Waals surface area contributed by atoms with Gasteiger partial charge in [-0.15, -0.1) is 0 Å². The molecule has 0 N–H and O–H groups in total. The van der Waals surface area contributed by atoms with Gasteiger partial charge in [0.15, 0.2) is 0 Å². The summed E-state index contributed by atoms with van der Waals surface area (Å²) in [5.41, 5.74) is 0. The molecule has 0 radical (unpaired) electrons. The quantitative estimate of drug-likeness (QED) is 0.603. The monoisotopic (exact) mass is 182 g/mol. The lowest BCUT2D eigenvalue weighted by Gasteiger charge is -2.34. The third kappa shape index (κ3) is 3.32. The van der Waals surface area contributed by atoms with Crippen LogP contribution in [-0.4, -0.2) is 0 Å². The summed E-state index contributed by atoms with van der Waals surface area (Å²) in [5, 5.41) is 0. The molecule has 0 aliphatic heterocycles. The van der Waals surface area contributed by atoms with Gasteiger partial charge in [-0.05, 0) is 36.5 Å². The van der Waals surface area contributed by atoms with Crippen molar-refractivity contribution in [1.82, 2.24) is 0 Å². The molecule has 3 atom stereocenters. The Kier molecular flexibility index (Phi) is 4.28. The Balaban J connectivity index is 2.36. The largest absolute Gasteiger partial charge is 0.0651 e. The Morgan fingerprint density at radius 1 is 1.23 bits per heavy atom. The van der Waals surface area contributed by atoms with Crippen molar-refractivity contribution in [3.8, 4) is 0 Å². The summed E-state index contributed by atoms with van der Waals surface area (Å²) in [4.78, 5) is 0. The van der Waals surface area contributed by atoms with Crippen LogP contribution in [0.5, 0.6) is 0 Å². The number of hydrogen-bond acceptors (Lipinski definition) is 0. The average molecular weight is 182 g/mol. The van der Waals surface area contributed by atoms with Crippen LogP contribution in [0.4, 0.5) is 0 Å². The van der Waals surface area contributed by atoms with Crippen LogP contribution in [0.3, 0.4) is 0 Å². The molecule has 0 heterocycles. The molecule has 0 aromatic rings. The van der Waals surface area contributed by atoms with Gasteiger partial charge in [-0.2, -0.15) is 0 Å². The smallest absolute Gasteiger partial charge is 0.0388 e. The molecule has 0 saturated heterocycles. The van der Waals surface area contributed by atoms with Crippen molar-refractivity contribution in [2.45, 2.75) is 59.8 Å². The lowest BCUT2D eigenvalue weighted by Crippen LogP contribution is -2.23. The predicted molar refractivity (Wildman–Crippen MR) is 59.7 cm³/mol. The Labute approximate surface area is 84.1 Å². The fraction of sp³-hybridized carbons (Fsp3) is 1.00. The van der Waals surface area contributed by atoms with E-state index in [0.717, 1.165) is 23.7 Å². The van der Waals surface area contributed by atoms with E-state index in [-0.39, 0.29) is 0 Å². The van der Waals surface area contributed by atoms with Crippen LogP contribution in [0.2, 0.25) is 0 Å². The van der Waals surface area contributed by atoms with Crippen LogP contribution in [0.15, 0.2) is 0 Å². The van der Waals surface area contributed by atoms with Gasteiger partial charge in [-0.3, -0.25) is 0 Å². The molecule has 13 heavy (non-hydrogen) atoms. The maximum Gasteiger partial charge on any atom is -0.0388 e. The van der Waals surface area contributed by atoms with Crippen LogP contribution in [-0.2, 0) is 0 Å².